The molecule has 1 N–H and O–H groups in total. The van der Waals surface area contributed by atoms with Crippen LogP contribution >= 0.6 is 11.3 Å². The van der Waals surface area contributed by atoms with Gasteiger partial charge in [-0.05, 0) is 41.5 Å². The molecule has 1 aliphatic rings. The number of hydrogen-bond donors (Lipinski definition) is 1. The fourth-order valence-electron chi connectivity index (χ4n) is 3.12. The summed E-state index contributed by atoms with van der Waals surface area (Å²) in [4.78, 5) is 9.60. The summed E-state index contributed by atoms with van der Waals surface area (Å²) < 4.78 is 25.3. The Morgan fingerprint density at radius 2 is 2.00 bits per heavy atom. The maximum absolute atomic E-state index is 13.6. The van der Waals surface area contributed by atoms with E-state index in [9.17, 15) is 4.39 Å². The number of nitriles is 1. The second kappa shape index (κ2) is 7.04. The van der Waals surface area contributed by atoms with Gasteiger partial charge >= 0.3 is 0 Å². The third-order valence-corrected chi connectivity index (χ3v) is 5.76. The van der Waals surface area contributed by atoms with Crippen LogP contribution in [0.1, 0.15) is 11.1 Å². The van der Waals surface area contributed by atoms with Crippen LogP contribution in [0.3, 0.4) is 0 Å². The number of fused-ring (bicyclic) bond motifs is 2. The Kier molecular flexibility index (Phi) is 4.22. The van der Waals surface area contributed by atoms with Crippen molar-refractivity contribution in [2.24, 2.45) is 0 Å². The molecular formula is C21H13FN4O2S. The highest BCUT2D eigenvalue weighted by molar-refractivity contribution is 7.22. The first-order chi connectivity index (χ1) is 14.2. The summed E-state index contributed by atoms with van der Waals surface area (Å²) >= 11 is 1.49. The maximum Gasteiger partial charge on any atom is 0.231 e. The number of thiophene rings is 1. The highest BCUT2D eigenvalue weighted by Gasteiger charge is 2.15. The summed E-state index contributed by atoms with van der Waals surface area (Å²) in [6.07, 6.45) is 1.51. The monoisotopic (exact) mass is 404 g/mol. The Labute approximate surface area is 169 Å². The molecule has 0 saturated heterocycles. The molecule has 4 aromatic rings. The van der Waals surface area contributed by atoms with E-state index in [4.69, 9.17) is 14.7 Å². The Morgan fingerprint density at radius 1 is 1.10 bits per heavy atom. The summed E-state index contributed by atoms with van der Waals surface area (Å²) in [6, 6.07) is 14.1. The number of nitrogens with one attached hydrogen (secondary N) is 1. The first-order valence-corrected chi connectivity index (χ1v) is 9.60. The SMILES string of the molecule is N#Cc1cc(-c2cc3ncnc(NCc4ccc5c(c4)OCO5)c3s2)ccc1F. The zero-order valence-electron chi connectivity index (χ0n) is 15.0. The van der Waals surface area contributed by atoms with Gasteiger partial charge < -0.3 is 14.8 Å². The van der Waals surface area contributed by atoms with Crippen LogP contribution in [-0.2, 0) is 6.54 Å². The Morgan fingerprint density at radius 3 is 2.90 bits per heavy atom. The minimum atomic E-state index is -0.525. The van der Waals surface area contributed by atoms with Crippen molar-refractivity contribution in [1.29, 1.82) is 5.26 Å². The molecule has 0 amide bonds. The van der Waals surface area contributed by atoms with Crippen molar-refractivity contribution in [1.82, 2.24) is 9.97 Å². The number of hydrogen-bond acceptors (Lipinski definition) is 7. The van der Waals surface area contributed by atoms with Gasteiger partial charge in [0.15, 0.2) is 11.5 Å². The Hall–Kier alpha value is -3.70. The van der Waals surface area contributed by atoms with E-state index in [2.05, 4.69) is 15.3 Å². The average molecular weight is 404 g/mol. The number of halogens is 1. The predicted octanol–water partition coefficient (Wildman–Crippen LogP) is 4.71. The van der Waals surface area contributed by atoms with Gasteiger partial charge in [0.2, 0.25) is 6.79 Å². The predicted molar refractivity (Wildman–Crippen MR) is 107 cm³/mol. The van der Waals surface area contributed by atoms with Crippen molar-refractivity contribution >= 4 is 27.4 Å². The average Bonchev–Trinajstić information content (AvgIpc) is 3.39. The lowest BCUT2D eigenvalue weighted by atomic mass is 10.1. The lowest BCUT2D eigenvalue weighted by Crippen LogP contribution is -2.01. The standard InChI is InChI=1S/C21H13FN4O2S/c22-15-3-2-13(6-14(15)8-23)19-7-16-20(29-19)21(26-10-25-16)24-9-12-1-4-17-18(5-12)28-11-27-17/h1-7,10H,9,11H2,(H,24,25,26). The first kappa shape index (κ1) is 17.4. The Balaban J connectivity index is 1.44. The molecule has 3 heterocycles. The number of anilines is 1. The van der Waals surface area contributed by atoms with E-state index in [1.807, 2.05) is 30.3 Å². The normalized spacial score (nSPS) is 12.1. The second-order valence-corrected chi connectivity index (χ2v) is 7.45. The molecule has 0 atom stereocenters. The molecule has 0 spiro atoms. The number of rotatable bonds is 4. The van der Waals surface area contributed by atoms with Crippen LogP contribution in [0.2, 0.25) is 0 Å². The van der Waals surface area contributed by atoms with Crippen molar-refractivity contribution in [3.63, 3.8) is 0 Å². The zero-order valence-corrected chi connectivity index (χ0v) is 15.8. The fraction of sp³-hybridized carbons (Fsp3) is 0.0952. The summed E-state index contributed by atoms with van der Waals surface area (Å²) in [5.41, 5.74) is 2.62. The van der Waals surface area contributed by atoms with E-state index >= 15 is 0 Å². The van der Waals surface area contributed by atoms with E-state index in [-0.39, 0.29) is 12.4 Å². The van der Waals surface area contributed by atoms with Crippen molar-refractivity contribution in [2.45, 2.75) is 6.54 Å². The van der Waals surface area contributed by atoms with E-state index in [1.165, 1.54) is 23.7 Å². The number of aromatic nitrogens is 2. The summed E-state index contributed by atoms with van der Waals surface area (Å²) in [5.74, 6) is 1.67. The van der Waals surface area contributed by atoms with Gasteiger partial charge in [0.1, 0.15) is 24.0 Å². The lowest BCUT2D eigenvalue weighted by Gasteiger charge is -2.07. The van der Waals surface area contributed by atoms with Crippen LogP contribution in [0.4, 0.5) is 10.2 Å². The third-order valence-electron chi connectivity index (χ3n) is 4.58. The quantitative estimate of drug-likeness (QED) is 0.531. The molecule has 8 heteroatoms. The summed E-state index contributed by atoms with van der Waals surface area (Å²) in [6.45, 7) is 0.804. The number of benzene rings is 2. The van der Waals surface area contributed by atoms with Gasteiger partial charge in [0, 0.05) is 11.4 Å². The molecule has 0 fully saturated rings. The summed E-state index contributed by atoms with van der Waals surface area (Å²) in [5, 5.41) is 12.4. The topological polar surface area (TPSA) is 80.1 Å². The van der Waals surface area contributed by atoms with Gasteiger partial charge in [-0.3, -0.25) is 0 Å². The first-order valence-electron chi connectivity index (χ1n) is 8.78. The molecule has 0 unspecified atom stereocenters. The largest absolute Gasteiger partial charge is 0.454 e. The second-order valence-electron chi connectivity index (χ2n) is 6.39. The van der Waals surface area contributed by atoms with Crippen LogP contribution in [0, 0.1) is 17.1 Å². The molecular weight excluding hydrogens is 391 g/mol. The number of nitrogens with zero attached hydrogens (tertiary/aromatic N) is 3. The molecule has 1 aliphatic heterocycles. The van der Waals surface area contributed by atoms with Crippen molar-refractivity contribution < 1.29 is 13.9 Å². The molecule has 0 bridgehead atoms. The van der Waals surface area contributed by atoms with Gasteiger partial charge in [0.05, 0.1) is 15.8 Å². The molecule has 142 valence electrons. The molecule has 6 nitrogen and oxygen atoms in total. The van der Waals surface area contributed by atoms with E-state index in [0.717, 1.165) is 37.7 Å². The van der Waals surface area contributed by atoms with Crippen molar-refractivity contribution in [3.05, 3.63) is 65.7 Å². The lowest BCUT2D eigenvalue weighted by molar-refractivity contribution is 0.174. The minimum absolute atomic E-state index is 0.0206. The Bertz CT molecular complexity index is 1280. The van der Waals surface area contributed by atoms with Crippen LogP contribution in [-0.4, -0.2) is 16.8 Å². The molecule has 2 aromatic heterocycles. The van der Waals surface area contributed by atoms with Gasteiger partial charge in [-0.1, -0.05) is 12.1 Å². The highest BCUT2D eigenvalue weighted by Crippen LogP contribution is 2.37. The minimum Gasteiger partial charge on any atom is -0.454 e. The smallest absolute Gasteiger partial charge is 0.231 e. The molecule has 0 radical (unpaired) electrons. The van der Waals surface area contributed by atoms with Crippen LogP contribution < -0.4 is 14.8 Å². The van der Waals surface area contributed by atoms with Crippen LogP contribution in [0.25, 0.3) is 20.7 Å². The molecule has 2 aromatic carbocycles. The zero-order chi connectivity index (χ0) is 19.8. The van der Waals surface area contributed by atoms with E-state index in [0.29, 0.717) is 12.4 Å². The molecule has 5 rings (SSSR count). The van der Waals surface area contributed by atoms with Gasteiger partial charge in [-0.15, -0.1) is 11.3 Å². The van der Waals surface area contributed by atoms with Crippen molar-refractivity contribution in [2.75, 3.05) is 12.1 Å². The highest BCUT2D eigenvalue weighted by atomic mass is 32.1. The van der Waals surface area contributed by atoms with Gasteiger partial charge in [0.25, 0.3) is 0 Å². The summed E-state index contributed by atoms with van der Waals surface area (Å²) in [7, 11) is 0. The van der Waals surface area contributed by atoms with Gasteiger partial charge in [-0.2, -0.15) is 5.26 Å². The third kappa shape index (κ3) is 3.22. The molecule has 0 saturated carbocycles. The molecule has 29 heavy (non-hydrogen) atoms. The van der Waals surface area contributed by atoms with Crippen LogP contribution in [0.15, 0.2) is 48.8 Å². The van der Waals surface area contributed by atoms with E-state index < -0.39 is 5.82 Å². The van der Waals surface area contributed by atoms with Gasteiger partial charge in [-0.25, -0.2) is 14.4 Å². The number of ether oxygens (including phenoxy) is 2. The molecule has 0 aliphatic carbocycles. The fourth-order valence-corrected chi connectivity index (χ4v) is 4.20. The van der Waals surface area contributed by atoms with Crippen molar-refractivity contribution in [3.8, 4) is 28.0 Å². The maximum atomic E-state index is 13.6. The van der Waals surface area contributed by atoms with Crippen LogP contribution in [0.5, 0.6) is 11.5 Å². The van der Waals surface area contributed by atoms with E-state index in [1.54, 1.807) is 12.1 Å².